The maximum Gasteiger partial charge on any atom is 0.116 e. The average molecular weight is 292 g/mol. The minimum atomic E-state index is 0.816. The molecule has 1 aromatic carbocycles. The molecule has 0 bridgehead atoms. The zero-order chi connectivity index (χ0) is 15.9. The number of rotatable bonds is 6. The lowest BCUT2D eigenvalue weighted by Crippen LogP contribution is -2.01. The predicted octanol–water partition coefficient (Wildman–Crippen LogP) is 5.22. The van der Waals surface area contributed by atoms with E-state index in [1.807, 2.05) is 6.08 Å². The van der Waals surface area contributed by atoms with Crippen molar-refractivity contribution in [1.82, 2.24) is 9.97 Å². The van der Waals surface area contributed by atoms with Crippen molar-refractivity contribution in [2.24, 2.45) is 0 Å². The fraction of sp³-hybridized carbons (Fsp3) is 0.300. The molecular formula is C20H24N2. The number of aromatic nitrogens is 2. The van der Waals surface area contributed by atoms with Gasteiger partial charge >= 0.3 is 0 Å². The zero-order valence-electron chi connectivity index (χ0n) is 13.8. The molecule has 0 amide bonds. The first-order valence-corrected chi connectivity index (χ1v) is 7.83. The summed E-state index contributed by atoms with van der Waals surface area (Å²) in [5.41, 5.74) is 6.97. The van der Waals surface area contributed by atoms with Crippen LogP contribution >= 0.6 is 0 Å². The topological polar surface area (TPSA) is 25.8 Å². The third kappa shape index (κ3) is 4.14. The molecule has 0 radical (unpaired) electrons. The SMILES string of the molecule is C=Cc1ncnc(Cc2cccc(C)c2)c1/C=C(/C)CCC. The van der Waals surface area contributed by atoms with Crippen LogP contribution in [0.5, 0.6) is 0 Å². The van der Waals surface area contributed by atoms with Crippen LogP contribution in [0.1, 0.15) is 54.8 Å². The Bertz CT molecular complexity index is 684. The molecule has 0 aliphatic heterocycles. The molecule has 2 rings (SSSR count). The van der Waals surface area contributed by atoms with Crippen LogP contribution in [0.3, 0.4) is 0 Å². The summed E-state index contributed by atoms with van der Waals surface area (Å²) >= 11 is 0. The predicted molar refractivity (Wildman–Crippen MR) is 94.7 cm³/mol. The summed E-state index contributed by atoms with van der Waals surface area (Å²) in [5, 5.41) is 0. The normalized spacial score (nSPS) is 11.5. The first-order chi connectivity index (χ1) is 10.6. The van der Waals surface area contributed by atoms with Crippen molar-refractivity contribution in [2.45, 2.75) is 40.0 Å². The summed E-state index contributed by atoms with van der Waals surface area (Å²) in [5.74, 6) is 0. The molecule has 114 valence electrons. The van der Waals surface area contributed by atoms with E-state index < -0.39 is 0 Å². The number of allylic oxidation sites excluding steroid dienone is 1. The molecule has 0 atom stereocenters. The fourth-order valence-corrected chi connectivity index (χ4v) is 2.64. The molecule has 0 N–H and O–H groups in total. The minimum Gasteiger partial charge on any atom is -0.240 e. The number of hydrogen-bond donors (Lipinski definition) is 0. The number of aryl methyl sites for hydroxylation is 1. The molecular weight excluding hydrogens is 268 g/mol. The summed E-state index contributed by atoms with van der Waals surface area (Å²) in [7, 11) is 0. The van der Waals surface area contributed by atoms with E-state index in [-0.39, 0.29) is 0 Å². The highest BCUT2D eigenvalue weighted by Crippen LogP contribution is 2.20. The van der Waals surface area contributed by atoms with E-state index in [2.05, 4.69) is 67.7 Å². The molecule has 2 aromatic rings. The number of nitrogens with zero attached hydrogens (tertiary/aromatic N) is 2. The lowest BCUT2D eigenvalue weighted by Gasteiger charge is -2.10. The van der Waals surface area contributed by atoms with E-state index in [4.69, 9.17) is 0 Å². The fourth-order valence-electron chi connectivity index (χ4n) is 2.64. The standard InChI is InChI=1S/C20H24N2/c1-5-8-15(3)12-18-19(6-2)21-14-22-20(18)13-17-10-7-9-16(4)11-17/h6-7,9-12,14H,2,5,8,13H2,1,3-4H3/b15-12-. The van der Waals surface area contributed by atoms with E-state index in [1.165, 1.54) is 16.7 Å². The quantitative estimate of drug-likeness (QED) is 0.729. The Balaban J connectivity index is 2.42. The first-order valence-electron chi connectivity index (χ1n) is 7.83. The van der Waals surface area contributed by atoms with Gasteiger partial charge in [0, 0.05) is 12.0 Å². The molecule has 22 heavy (non-hydrogen) atoms. The van der Waals surface area contributed by atoms with Gasteiger partial charge in [0.15, 0.2) is 0 Å². The second-order valence-electron chi connectivity index (χ2n) is 5.73. The van der Waals surface area contributed by atoms with Crippen LogP contribution < -0.4 is 0 Å². The second kappa shape index (κ2) is 7.69. The molecule has 0 aliphatic carbocycles. The van der Waals surface area contributed by atoms with Gasteiger partial charge in [0.05, 0.1) is 11.4 Å². The number of benzene rings is 1. The molecule has 0 saturated carbocycles. The van der Waals surface area contributed by atoms with E-state index in [9.17, 15) is 0 Å². The molecule has 0 unspecified atom stereocenters. The van der Waals surface area contributed by atoms with E-state index in [1.54, 1.807) is 6.33 Å². The first kappa shape index (κ1) is 16.2. The maximum absolute atomic E-state index is 4.52. The van der Waals surface area contributed by atoms with Gasteiger partial charge in [-0.25, -0.2) is 9.97 Å². The van der Waals surface area contributed by atoms with Gasteiger partial charge < -0.3 is 0 Å². The molecule has 2 heteroatoms. The van der Waals surface area contributed by atoms with Crippen LogP contribution in [0, 0.1) is 6.92 Å². The summed E-state index contributed by atoms with van der Waals surface area (Å²) in [6, 6.07) is 8.57. The molecule has 0 spiro atoms. The van der Waals surface area contributed by atoms with Crippen molar-refractivity contribution >= 4 is 12.2 Å². The molecule has 0 fully saturated rings. The van der Waals surface area contributed by atoms with Crippen LogP contribution in [0.4, 0.5) is 0 Å². The van der Waals surface area contributed by atoms with Crippen LogP contribution in [-0.4, -0.2) is 9.97 Å². The van der Waals surface area contributed by atoms with Gasteiger partial charge in [0.1, 0.15) is 6.33 Å². The number of hydrogen-bond acceptors (Lipinski definition) is 2. The van der Waals surface area contributed by atoms with Crippen LogP contribution in [0.15, 0.2) is 42.7 Å². The Labute approximate surface area is 133 Å². The maximum atomic E-state index is 4.52. The van der Waals surface area contributed by atoms with Crippen LogP contribution in [0.25, 0.3) is 12.2 Å². The van der Waals surface area contributed by atoms with E-state index in [0.29, 0.717) is 0 Å². The van der Waals surface area contributed by atoms with Crippen molar-refractivity contribution in [1.29, 1.82) is 0 Å². The highest BCUT2D eigenvalue weighted by Gasteiger charge is 2.09. The van der Waals surface area contributed by atoms with Gasteiger partial charge in [-0.1, -0.05) is 61.4 Å². The average Bonchev–Trinajstić information content (AvgIpc) is 2.49. The summed E-state index contributed by atoms with van der Waals surface area (Å²) in [4.78, 5) is 8.88. The van der Waals surface area contributed by atoms with Gasteiger partial charge in [0.25, 0.3) is 0 Å². The van der Waals surface area contributed by atoms with Gasteiger partial charge in [-0.3, -0.25) is 0 Å². The monoisotopic (exact) mass is 292 g/mol. The summed E-state index contributed by atoms with van der Waals surface area (Å²) < 4.78 is 0. The van der Waals surface area contributed by atoms with E-state index in [0.717, 1.165) is 36.2 Å². The Hall–Kier alpha value is -2.22. The minimum absolute atomic E-state index is 0.816. The van der Waals surface area contributed by atoms with E-state index >= 15 is 0 Å². The lowest BCUT2D eigenvalue weighted by molar-refractivity contribution is 0.910. The smallest absolute Gasteiger partial charge is 0.116 e. The summed E-state index contributed by atoms with van der Waals surface area (Å²) in [6.07, 6.45) is 8.71. The van der Waals surface area contributed by atoms with Crippen LogP contribution in [0.2, 0.25) is 0 Å². The second-order valence-corrected chi connectivity index (χ2v) is 5.73. The molecule has 1 heterocycles. The van der Waals surface area contributed by atoms with Crippen molar-refractivity contribution < 1.29 is 0 Å². The van der Waals surface area contributed by atoms with Crippen molar-refractivity contribution in [3.63, 3.8) is 0 Å². The molecule has 2 nitrogen and oxygen atoms in total. The largest absolute Gasteiger partial charge is 0.240 e. The third-order valence-electron chi connectivity index (χ3n) is 3.68. The van der Waals surface area contributed by atoms with Gasteiger partial charge in [-0.05, 0) is 31.9 Å². The van der Waals surface area contributed by atoms with Gasteiger partial charge in [-0.15, -0.1) is 0 Å². The Kier molecular flexibility index (Phi) is 5.65. The van der Waals surface area contributed by atoms with Crippen molar-refractivity contribution in [2.75, 3.05) is 0 Å². The summed E-state index contributed by atoms with van der Waals surface area (Å²) in [6.45, 7) is 10.4. The van der Waals surface area contributed by atoms with Gasteiger partial charge in [-0.2, -0.15) is 0 Å². The lowest BCUT2D eigenvalue weighted by atomic mass is 10.00. The molecule has 0 saturated heterocycles. The van der Waals surface area contributed by atoms with Crippen molar-refractivity contribution in [3.8, 4) is 0 Å². The third-order valence-corrected chi connectivity index (χ3v) is 3.68. The highest BCUT2D eigenvalue weighted by molar-refractivity contribution is 5.65. The molecule has 1 aromatic heterocycles. The molecule has 0 aliphatic rings. The Morgan fingerprint density at radius 2 is 2.09 bits per heavy atom. The highest BCUT2D eigenvalue weighted by atomic mass is 14.8. The Morgan fingerprint density at radius 3 is 2.77 bits per heavy atom. The Morgan fingerprint density at radius 1 is 1.27 bits per heavy atom. The van der Waals surface area contributed by atoms with Gasteiger partial charge in [0.2, 0.25) is 0 Å². The van der Waals surface area contributed by atoms with Crippen LogP contribution in [-0.2, 0) is 6.42 Å². The van der Waals surface area contributed by atoms with Crippen molar-refractivity contribution in [3.05, 3.63) is 70.8 Å². The zero-order valence-corrected chi connectivity index (χ0v) is 13.8.